The number of thiophene rings is 1. The molecule has 1 aliphatic carbocycles. The van der Waals surface area contributed by atoms with E-state index in [-0.39, 0.29) is 30.4 Å². The normalized spacial score (nSPS) is 14.1. The predicted octanol–water partition coefficient (Wildman–Crippen LogP) is 4.52. The predicted molar refractivity (Wildman–Crippen MR) is 126 cm³/mol. The summed E-state index contributed by atoms with van der Waals surface area (Å²) in [5, 5.41) is 11.3. The number of amides is 2. The van der Waals surface area contributed by atoms with Crippen molar-refractivity contribution in [2.45, 2.75) is 38.3 Å². The summed E-state index contributed by atoms with van der Waals surface area (Å²) in [5.74, 6) is -0.322. The van der Waals surface area contributed by atoms with Crippen LogP contribution in [0.3, 0.4) is 0 Å². The summed E-state index contributed by atoms with van der Waals surface area (Å²) >= 11 is 1.66. The van der Waals surface area contributed by atoms with Crippen LogP contribution < -0.4 is 16.0 Å². The standard InChI is InChI=1S/C25H27N3O2S/c1-2-17-9-11-18(12-10-17)24(22-8-5-15-31-22)26-16-23(29)28-21-7-4-3-6-20(21)25(30)27-19-13-14-19/h3-12,15,19,24,26H,2,13-14,16H2,1H3,(H,27,30)(H,28,29)/t24-/m0/s1. The van der Waals surface area contributed by atoms with E-state index in [0.29, 0.717) is 11.3 Å². The minimum Gasteiger partial charge on any atom is -0.349 e. The number of carbonyl (C=O) groups excluding carboxylic acids is 2. The van der Waals surface area contributed by atoms with Gasteiger partial charge in [0.1, 0.15) is 0 Å². The van der Waals surface area contributed by atoms with E-state index in [9.17, 15) is 9.59 Å². The van der Waals surface area contributed by atoms with Gasteiger partial charge in [-0.05, 0) is 54.0 Å². The average Bonchev–Trinajstić information content (AvgIpc) is 3.44. The van der Waals surface area contributed by atoms with Crippen molar-refractivity contribution in [2.75, 3.05) is 11.9 Å². The van der Waals surface area contributed by atoms with Gasteiger partial charge in [0.2, 0.25) is 5.91 Å². The average molecular weight is 434 g/mol. The van der Waals surface area contributed by atoms with Gasteiger partial charge in [-0.2, -0.15) is 0 Å². The zero-order valence-corrected chi connectivity index (χ0v) is 18.4. The van der Waals surface area contributed by atoms with E-state index in [0.717, 1.165) is 29.7 Å². The first kappa shape index (κ1) is 21.3. The molecule has 1 aromatic heterocycles. The molecule has 3 N–H and O–H groups in total. The van der Waals surface area contributed by atoms with E-state index in [4.69, 9.17) is 0 Å². The van der Waals surface area contributed by atoms with E-state index >= 15 is 0 Å². The lowest BCUT2D eigenvalue weighted by Crippen LogP contribution is -2.32. The monoisotopic (exact) mass is 433 g/mol. The first-order valence-corrected chi connectivity index (χ1v) is 11.6. The maximum Gasteiger partial charge on any atom is 0.253 e. The van der Waals surface area contributed by atoms with Crippen LogP contribution in [0.5, 0.6) is 0 Å². The molecule has 1 saturated carbocycles. The Labute approximate surface area is 186 Å². The summed E-state index contributed by atoms with van der Waals surface area (Å²) < 4.78 is 0. The number of hydrogen-bond donors (Lipinski definition) is 3. The van der Waals surface area contributed by atoms with Crippen molar-refractivity contribution in [1.29, 1.82) is 0 Å². The Kier molecular flexibility index (Phi) is 6.79. The fourth-order valence-electron chi connectivity index (χ4n) is 3.45. The van der Waals surface area contributed by atoms with Gasteiger partial charge in [-0.15, -0.1) is 11.3 Å². The van der Waals surface area contributed by atoms with Crippen LogP contribution in [0.4, 0.5) is 5.69 Å². The van der Waals surface area contributed by atoms with Crippen LogP contribution in [-0.2, 0) is 11.2 Å². The third kappa shape index (κ3) is 5.60. The highest BCUT2D eigenvalue weighted by molar-refractivity contribution is 7.10. The second-order valence-electron chi connectivity index (χ2n) is 7.77. The molecule has 1 heterocycles. The van der Waals surface area contributed by atoms with Crippen molar-refractivity contribution in [1.82, 2.24) is 10.6 Å². The zero-order valence-electron chi connectivity index (χ0n) is 17.6. The first-order valence-electron chi connectivity index (χ1n) is 10.7. The van der Waals surface area contributed by atoms with Gasteiger partial charge in [0, 0.05) is 10.9 Å². The summed E-state index contributed by atoms with van der Waals surface area (Å²) in [4.78, 5) is 26.4. The lowest BCUT2D eigenvalue weighted by molar-refractivity contribution is -0.115. The molecule has 1 atom stereocenters. The Morgan fingerprint density at radius 3 is 2.48 bits per heavy atom. The van der Waals surface area contributed by atoms with Crippen molar-refractivity contribution >= 4 is 28.8 Å². The molecule has 4 rings (SSSR count). The maximum absolute atomic E-state index is 12.7. The second kappa shape index (κ2) is 9.90. The number of benzene rings is 2. The van der Waals surface area contributed by atoms with E-state index in [1.54, 1.807) is 23.5 Å². The number of hydrogen-bond acceptors (Lipinski definition) is 4. The molecule has 0 saturated heterocycles. The molecule has 6 heteroatoms. The number of rotatable bonds is 9. The Hall–Kier alpha value is -2.96. The van der Waals surface area contributed by atoms with Crippen LogP contribution in [0.1, 0.15) is 52.2 Å². The van der Waals surface area contributed by atoms with Gasteiger partial charge < -0.3 is 10.6 Å². The highest BCUT2D eigenvalue weighted by Crippen LogP contribution is 2.26. The topological polar surface area (TPSA) is 70.2 Å². The van der Waals surface area contributed by atoms with Gasteiger partial charge in [-0.25, -0.2) is 0 Å². The fraction of sp³-hybridized carbons (Fsp3) is 0.280. The first-order chi connectivity index (χ1) is 15.1. The van der Waals surface area contributed by atoms with Crippen LogP contribution in [0, 0.1) is 0 Å². The molecule has 2 amide bonds. The molecule has 0 unspecified atom stereocenters. The van der Waals surface area contributed by atoms with Crippen LogP contribution in [0.2, 0.25) is 0 Å². The fourth-order valence-corrected chi connectivity index (χ4v) is 4.28. The number of aryl methyl sites for hydroxylation is 1. The lowest BCUT2D eigenvalue weighted by Gasteiger charge is -2.19. The largest absolute Gasteiger partial charge is 0.349 e. The molecule has 2 aromatic carbocycles. The third-order valence-corrected chi connectivity index (χ3v) is 6.31. The summed E-state index contributed by atoms with van der Waals surface area (Å²) in [6, 6.07) is 19.9. The minimum atomic E-state index is -0.182. The van der Waals surface area contributed by atoms with Gasteiger partial charge in [-0.3, -0.25) is 14.9 Å². The zero-order chi connectivity index (χ0) is 21.6. The third-order valence-electron chi connectivity index (χ3n) is 5.37. The molecule has 5 nitrogen and oxygen atoms in total. The van der Waals surface area contributed by atoms with Gasteiger partial charge in [0.05, 0.1) is 23.8 Å². The molecule has 1 aliphatic rings. The number of para-hydroxylation sites is 1. The Morgan fingerprint density at radius 2 is 1.81 bits per heavy atom. The Bertz CT molecular complexity index is 1030. The minimum absolute atomic E-state index is 0.0648. The van der Waals surface area contributed by atoms with E-state index in [1.165, 1.54) is 5.56 Å². The Morgan fingerprint density at radius 1 is 1.03 bits per heavy atom. The smallest absolute Gasteiger partial charge is 0.253 e. The van der Waals surface area contributed by atoms with Crippen LogP contribution in [0.25, 0.3) is 0 Å². The molecular weight excluding hydrogens is 406 g/mol. The molecule has 3 aromatic rings. The van der Waals surface area contributed by atoms with Gasteiger partial charge in [0.15, 0.2) is 0 Å². The molecule has 1 fully saturated rings. The second-order valence-corrected chi connectivity index (χ2v) is 8.75. The van der Waals surface area contributed by atoms with Crippen molar-refractivity contribution in [3.8, 4) is 0 Å². The molecule has 31 heavy (non-hydrogen) atoms. The van der Waals surface area contributed by atoms with Gasteiger partial charge in [-0.1, -0.05) is 49.4 Å². The molecule has 0 bridgehead atoms. The maximum atomic E-state index is 12.7. The van der Waals surface area contributed by atoms with Gasteiger partial charge >= 0.3 is 0 Å². The summed E-state index contributed by atoms with van der Waals surface area (Å²) in [5.41, 5.74) is 3.43. The quantitative estimate of drug-likeness (QED) is 0.465. The number of carbonyl (C=O) groups is 2. The van der Waals surface area contributed by atoms with Gasteiger partial charge in [0.25, 0.3) is 5.91 Å². The summed E-state index contributed by atoms with van der Waals surface area (Å²) in [6.45, 7) is 2.27. The van der Waals surface area contributed by atoms with Crippen LogP contribution in [0.15, 0.2) is 66.0 Å². The molecule has 160 valence electrons. The van der Waals surface area contributed by atoms with Crippen LogP contribution in [-0.4, -0.2) is 24.4 Å². The van der Waals surface area contributed by atoms with E-state index in [2.05, 4.69) is 53.2 Å². The molecule has 0 aliphatic heterocycles. The van der Waals surface area contributed by atoms with Crippen LogP contribution >= 0.6 is 11.3 Å². The lowest BCUT2D eigenvalue weighted by atomic mass is 10.0. The van der Waals surface area contributed by atoms with Crippen molar-refractivity contribution in [2.24, 2.45) is 0 Å². The number of nitrogens with one attached hydrogen (secondary N) is 3. The molecule has 0 spiro atoms. The van der Waals surface area contributed by atoms with Crippen molar-refractivity contribution < 1.29 is 9.59 Å². The highest BCUT2D eigenvalue weighted by Gasteiger charge is 2.25. The van der Waals surface area contributed by atoms with Crippen molar-refractivity contribution in [3.05, 3.63) is 87.6 Å². The highest BCUT2D eigenvalue weighted by atomic mass is 32.1. The molecular formula is C25H27N3O2S. The summed E-state index contributed by atoms with van der Waals surface area (Å²) in [7, 11) is 0. The SMILES string of the molecule is CCc1ccc([C@H](NCC(=O)Nc2ccccc2C(=O)NC2CC2)c2cccs2)cc1. The summed E-state index contributed by atoms with van der Waals surface area (Å²) in [6.07, 6.45) is 3.04. The number of anilines is 1. The molecule has 0 radical (unpaired) electrons. The van der Waals surface area contributed by atoms with Crippen molar-refractivity contribution in [3.63, 3.8) is 0 Å². The van der Waals surface area contributed by atoms with E-state index < -0.39 is 0 Å². The Balaban J connectivity index is 1.43. The van der Waals surface area contributed by atoms with E-state index in [1.807, 2.05) is 23.6 Å².